The zero-order valence-electron chi connectivity index (χ0n) is 16.2. The number of hydrogen-bond acceptors (Lipinski definition) is 3. The van der Waals surface area contributed by atoms with E-state index in [0.29, 0.717) is 18.7 Å². The Hall–Kier alpha value is -3.67. The second-order valence-corrected chi connectivity index (χ2v) is 7.35. The first-order valence-corrected chi connectivity index (χ1v) is 9.69. The van der Waals surface area contributed by atoms with Gasteiger partial charge in [0, 0.05) is 49.6 Å². The average molecular weight is 383 g/mol. The third kappa shape index (κ3) is 3.23. The molecule has 3 heterocycles. The Morgan fingerprint density at radius 3 is 2.45 bits per heavy atom. The molecule has 1 amide bonds. The van der Waals surface area contributed by atoms with Crippen LogP contribution in [0.25, 0.3) is 22.4 Å². The molecule has 2 aromatic heterocycles. The fourth-order valence-electron chi connectivity index (χ4n) is 3.87. The van der Waals surface area contributed by atoms with Gasteiger partial charge in [0.1, 0.15) is 0 Å². The Morgan fingerprint density at radius 2 is 1.72 bits per heavy atom. The van der Waals surface area contributed by atoms with Crippen molar-refractivity contribution in [2.24, 2.45) is 7.05 Å². The maximum absolute atomic E-state index is 12.8. The summed E-state index contributed by atoms with van der Waals surface area (Å²) in [7, 11) is 1.82. The van der Waals surface area contributed by atoms with Gasteiger partial charge in [0.05, 0.1) is 17.5 Å². The van der Waals surface area contributed by atoms with Crippen molar-refractivity contribution in [1.82, 2.24) is 24.9 Å². The normalized spacial score (nSPS) is 13.3. The van der Waals surface area contributed by atoms with Crippen molar-refractivity contribution in [3.8, 4) is 22.4 Å². The Balaban J connectivity index is 1.41. The monoisotopic (exact) mass is 383 g/mol. The number of hydrogen-bond donors (Lipinski definition) is 1. The van der Waals surface area contributed by atoms with Crippen LogP contribution in [-0.4, -0.2) is 37.3 Å². The summed E-state index contributed by atoms with van der Waals surface area (Å²) in [5.41, 5.74) is 7.17. The van der Waals surface area contributed by atoms with Crippen LogP contribution in [0.2, 0.25) is 0 Å². The van der Waals surface area contributed by atoms with E-state index in [1.54, 1.807) is 17.1 Å². The van der Waals surface area contributed by atoms with Gasteiger partial charge < -0.3 is 4.90 Å². The van der Waals surface area contributed by atoms with Crippen LogP contribution in [-0.2, 0) is 20.0 Å². The number of amides is 1. The van der Waals surface area contributed by atoms with Gasteiger partial charge in [0.25, 0.3) is 5.91 Å². The van der Waals surface area contributed by atoms with Crippen molar-refractivity contribution in [2.45, 2.75) is 13.0 Å². The van der Waals surface area contributed by atoms with E-state index >= 15 is 0 Å². The second-order valence-electron chi connectivity index (χ2n) is 7.35. The predicted molar refractivity (Wildman–Crippen MR) is 111 cm³/mol. The molecule has 6 heteroatoms. The fourth-order valence-corrected chi connectivity index (χ4v) is 3.87. The number of fused-ring (bicyclic) bond motifs is 1. The number of rotatable bonds is 3. The van der Waals surface area contributed by atoms with Crippen LogP contribution in [0.5, 0.6) is 0 Å². The van der Waals surface area contributed by atoms with E-state index in [-0.39, 0.29) is 5.91 Å². The van der Waals surface area contributed by atoms with Gasteiger partial charge in [0.2, 0.25) is 0 Å². The topological polar surface area (TPSA) is 66.8 Å². The van der Waals surface area contributed by atoms with Crippen molar-refractivity contribution in [2.75, 3.05) is 6.54 Å². The van der Waals surface area contributed by atoms with Crippen molar-refractivity contribution in [3.05, 3.63) is 83.8 Å². The molecule has 0 saturated carbocycles. The molecule has 0 unspecified atom stereocenters. The minimum Gasteiger partial charge on any atom is -0.334 e. The average Bonchev–Trinajstić information content (AvgIpc) is 3.40. The van der Waals surface area contributed by atoms with Crippen LogP contribution < -0.4 is 0 Å². The van der Waals surface area contributed by atoms with E-state index in [9.17, 15) is 4.79 Å². The SMILES string of the molecule is Cn1cc(C(=O)N2CCc3[nH]nc(-c4ccc(-c5ccccc5)cc4)c3C2)cn1. The van der Waals surface area contributed by atoms with E-state index in [1.165, 1.54) is 11.1 Å². The summed E-state index contributed by atoms with van der Waals surface area (Å²) >= 11 is 0. The third-order valence-corrected chi connectivity index (χ3v) is 5.44. The fraction of sp³-hybridized carbons (Fsp3) is 0.174. The molecule has 29 heavy (non-hydrogen) atoms. The standard InChI is InChI=1S/C23H21N5O/c1-27-14-19(13-24-27)23(29)28-12-11-21-20(15-28)22(26-25-21)18-9-7-17(8-10-18)16-5-3-2-4-6-16/h2-10,13-14H,11-12,15H2,1H3,(H,25,26). The molecule has 1 N–H and O–H groups in total. The molecule has 0 atom stereocenters. The van der Waals surface area contributed by atoms with E-state index in [2.05, 4.69) is 51.7 Å². The van der Waals surface area contributed by atoms with Gasteiger partial charge in [-0.05, 0) is 11.1 Å². The molecule has 4 aromatic rings. The molecule has 1 aliphatic rings. The highest BCUT2D eigenvalue weighted by Gasteiger charge is 2.26. The molecule has 5 rings (SSSR count). The van der Waals surface area contributed by atoms with Crippen molar-refractivity contribution in [3.63, 3.8) is 0 Å². The first-order chi connectivity index (χ1) is 14.2. The van der Waals surface area contributed by atoms with Gasteiger partial charge >= 0.3 is 0 Å². The quantitative estimate of drug-likeness (QED) is 0.587. The zero-order chi connectivity index (χ0) is 19.8. The summed E-state index contributed by atoms with van der Waals surface area (Å²) in [4.78, 5) is 14.7. The van der Waals surface area contributed by atoms with Crippen LogP contribution in [0.15, 0.2) is 67.0 Å². The number of nitrogens with one attached hydrogen (secondary N) is 1. The van der Waals surface area contributed by atoms with Crippen LogP contribution in [0, 0.1) is 0 Å². The van der Waals surface area contributed by atoms with Crippen LogP contribution in [0.4, 0.5) is 0 Å². The summed E-state index contributed by atoms with van der Waals surface area (Å²) in [5, 5.41) is 11.8. The first-order valence-electron chi connectivity index (χ1n) is 9.69. The Kier molecular flexibility index (Phi) is 4.24. The van der Waals surface area contributed by atoms with Gasteiger partial charge in [-0.15, -0.1) is 0 Å². The summed E-state index contributed by atoms with van der Waals surface area (Å²) in [5.74, 6) is 0.00956. The van der Waals surface area contributed by atoms with Crippen molar-refractivity contribution < 1.29 is 4.79 Å². The lowest BCUT2D eigenvalue weighted by atomic mass is 9.98. The maximum Gasteiger partial charge on any atom is 0.257 e. The lowest BCUT2D eigenvalue weighted by molar-refractivity contribution is 0.0734. The van der Waals surface area contributed by atoms with E-state index in [1.807, 2.05) is 30.1 Å². The van der Waals surface area contributed by atoms with Crippen molar-refractivity contribution in [1.29, 1.82) is 0 Å². The largest absolute Gasteiger partial charge is 0.334 e. The number of aryl methyl sites for hydroxylation is 1. The highest BCUT2D eigenvalue weighted by molar-refractivity contribution is 5.94. The molecular formula is C23H21N5O. The molecular weight excluding hydrogens is 362 g/mol. The molecule has 0 fully saturated rings. The number of carbonyl (C=O) groups excluding carboxylic acids is 1. The predicted octanol–water partition coefficient (Wildman–Crippen LogP) is 3.68. The molecule has 1 aliphatic heterocycles. The maximum atomic E-state index is 12.8. The smallest absolute Gasteiger partial charge is 0.257 e. The van der Waals surface area contributed by atoms with Gasteiger partial charge in [-0.3, -0.25) is 14.6 Å². The number of aromatic amines is 1. The molecule has 6 nitrogen and oxygen atoms in total. The van der Waals surface area contributed by atoms with Crippen LogP contribution >= 0.6 is 0 Å². The third-order valence-electron chi connectivity index (χ3n) is 5.44. The molecule has 0 aliphatic carbocycles. The molecule has 0 bridgehead atoms. The summed E-state index contributed by atoms with van der Waals surface area (Å²) in [6, 6.07) is 18.7. The Labute approximate surface area is 168 Å². The number of carbonyl (C=O) groups is 1. The highest BCUT2D eigenvalue weighted by atomic mass is 16.2. The highest BCUT2D eigenvalue weighted by Crippen LogP contribution is 2.30. The van der Waals surface area contributed by atoms with Gasteiger partial charge in [-0.1, -0.05) is 54.6 Å². The van der Waals surface area contributed by atoms with E-state index in [0.717, 1.165) is 28.9 Å². The number of benzene rings is 2. The van der Waals surface area contributed by atoms with Crippen LogP contribution in [0.3, 0.4) is 0 Å². The minimum atomic E-state index is 0.00956. The lowest BCUT2D eigenvalue weighted by Crippen LogP contribution is -2.35. The Morgan fingerprint density at radius 1 is 1.00 bits per heavy atom. The zero-order valence-corrected chi connectivity index (χ0v) is 16.2. The molecule has 0 spiro atoms. The second kappa shape index (κ2) is 7.05. The molecule has 2 aromatic carbocycles. The minimum absolute atomic E-state index is 0.00956. The van der Waals surface area contributed by atoms with Crippen LogP contribution in [0.1, 0.15) is 21.6 Å². The lowest BCUT2D eigenvalue weighted by Gasteiger charge is -2.26. The number of nitrogens with zero attached hydrogens (tertiary/aromatic N) is 4. The van der Waals surface area contributed by atoms with E-state index in [4.69, 9.17) is 0 Å². The molecule has 144 valence electrons. The summed E-state index contributed by atoms with van der Waals surface area (Å²) < 4.78 is 1.65. The summed E-state index contributed by atoms with van der Waals surface area (Å²) in [6.45, 7) is 1.23. The molecule has 0 saturated heterocycles. The summed E-state index contributed by atoms with van der Waals surface area (Å²) in [6.07, 6.45) is 4.16. The van der Waals surface area contributed by atoms with Crippen molar-refractivity contribution >= 4 is 5.91 Å². The first kappa shape index (κ1) is 17.4. The van der Waals surface area contributed by atoms with E-state index < -0.39 is 0 Å². The number of H-pyrrole nitrogens is 1. The Bertz CT molecular complexity index is 1160. The van der Waals surface area contributed by atoms with Gasteiger partial charge in [0.15, 0.2) is 0 Å². The number of aromatic nitrogens is 4. The molecule has 0 radical (unpaired) electrons. The van der Waals surface area contributed by atoms with Gasteiger partial charge in [-0.2, -0.15) is 10.2 Å². The van der Waals surface area contributed by atoms with Gasteiger partial charge in [-0.25, -0.2) is 0 Å².